The fraction of sp³-hybridized carbons (Fsp3) is 0.457. The van der Waals surface area contributed by atoms with Gasteiger partial charge >= 0.3 is 0 Å². The summed E-state index contributed by atoms with van der Waals surface area (Å²) < 4.78 is 7.43. The van der Waals surface area contributed by atoms with Crippen LogP contribution in [0, 0.1) is 39.4 Å². The summed E-state index contributed by atoms with van der Waals surface area (Å²) in [5.41, 5.74) is 1.95. The van der Waals surface area contributed by atoms with Crippen LogP contribution < -0.4 is 30.7 Å². The Morgan fingerprint density at radius 3 is 2.16 bits per heavy atom. The van der Waals surface area contributed by atoms with Gasteiger partial charge in [0, 0.05) is 97.5 Å². The lowest BCUT2D eigenvalue weighted by molar-refractivity contribution is -0.164. The quantitative estimate of drug-likeness (QED) is 0.206. The molecule has 3 amide bonds. The molecule has 0 bridgehead atoms. The van der Waals surface area contributed by atoms with E-state index in [1.54, 1.807) is 24.3 Å². The van der Waals surface area contributed by atoms with Crippen molar-refractivity contribution in [2.75, 3.05) is 55.6 Å². The van der Waals surface area contributed by atoms with Crippen LogP contribution in [0.15, 0.2) is 65.5 Å². The van der Waals surface area contributed by atoms with Crippen LogP contribution in [0.3, 0.4) is 0 Å². The van der Waals surface area contributed by atoms with Gasteiger partial charge in [-0.3, -0.25) is 29.4 Å². The summed E-state index contributed by atoms with van der Waals surface area (Å²) in [5, 5.41) is 30.1. The second-order valence-electron chi connectivity index (χ2n) is 18.0. The number of benzene rings is 3. The molecule has 1 atom stereocenters. The molecule has 3 saturated heterocycles. The minimum absolute atomic E-state index is 0.0689. The second-order valence-corrected chi connectivity index (χ2v) is 18.4. The number of amides is 3. The van der Waals surface area contributed by atoms with Gasteiger partial charge in [-0.15, -0.1) is 0 Å². The number of ether oxygens (including phenoxy) is 1. The Balaban J connectivity index is 0.809. The Morgan fingerprint density at radius 2 is 1.52 bits per heavy atom. The molecule has 1 saturated carbocycles. The van der Waals surface area contributed by atoms with Crippen LogP contribution in [0.1, 0.15) is 81.0 Å². The molecule has 1 aromatic heterocycles. The normalized spacial score (nSPS) is 22.8. The highest BCUT2D eigenvalue weighted by Gasteiger charge is 2.64. The number of carbonyl (C=O) groups is 3. The Bertz CT molecular complexity index is 2510. The number of piperidine rings is 2. The number of carbonyl (C=O) groups excluding carboxylic acids is 3. The van der Waals surface area contributed by atoms with E-state index in [4.69, 9.17) is 16.3 Å². The molecule has 15 heteroatoms. The lowest BCUT2D eigenvalue weighted by Gasteiger charge is -2.63. The Labute approximate surface area is 360 Å². The molecule has 0 unspecified atom stereocenters. The third-order valence-corrected chi connectivity index (χ3v) is 13.6. The highest BCUT2D eigenvalue weighted by Crippen LogP contribution is 2.55. The minimum atomic E-state index is -0.937. The predicted octanol–water partition coefficient (Wildman–Crippen LogP) is 5.42. The summed E-state index contributed by atoms with van der Waals surface area (Å²) in [6, 6.07) is 21.6. The SMILES string of the molecule is CC1(C)C(NC(=O)c2ccc(N3CCC(CN4CCN(c5ccc6c(=O)n([C@@H]7CCC(=O)NC7=O)nc(C#N)c6c5)CC4)CC3)cc2)C(C)(C)C1Oc1ccc(C#N)c(Cl)c1. The van der Waals surface area contributed by atoms with E-state index < -0.39 is 17.5 Å². The highest BCUT2D eigenvalue weighted by molar-refractivity contribution is 6.31. The fourth-order valence-corrected chi connectivity index (χ4v) is 10.4. The predicted molar refractivity (Wildman–Crippen MR) is 232 cm³/mol. The van der Waals surface area contributed by atoms with Crippen molar-refractivity contribution in [1.82, 2.24) is 25.3 Å². The average Bonchev–Trinajstić information content (AvgIpc) is 3.25. The molecule has 3 aromatic carbocycles. The van der Waals surface area contributed by atoms with Crippen molar-refractivity contribution in [3.8, 4) is 17.9 Å². The largest absolute Gasteiger partial charge is 0.489 e. The van der Waals surface area contributed by atoms with Gasteiger partial charge in [0.2, 0.25) is 5.91 Å². The van der Waals surface area contributed by atoms with Crippen LogP contribution in [0.5, 0.6) is 5.75 Å². The molecule has 0 radical (unpaired) electrons. The number of hydrogen-bond donors (Lipinski definition) is 2. The number of fused-ring (bicyclic) bond motifs is 1. The summed E-state index contributed by atoms with van der Waals surface area (Å²) in [4.78, 5) is 58.2. The Kier molecular flexibility index (Phi) is 11.3. The standard InChI is InChI=1S/C46H50ClN9O5/c1-45(2)43(46(3,4)44(45)61-33-11-7-30(25-48)36(47)24-33)51-40(58)29-5-8-31(9-6-29)54-17-15-28(16-18-54)27-53-19-21-55(22-20-53)32-10-12-34-35(23-32)37(26-49)52-56(42(34)60)38-13-14-39(57)50-41(38)59/h5-12,23-24,28,38,43-44H,13-22,27H2,1-4H3,(H,51,58)(H,50,57,59)/t38-,43?,44?/m1/s1. The summed E-state index contributed by atoms with van der Waals surface area (Å²) in [6.45, 7) is 14.7. The van der Waals surface area contributed by atoms with E-state index in [0.29, 0.717) is 38.6 Å². The zero-order valence-corrected chi connectivity index (χ0v) is 35.7. The van der Waals surface area contributed by atoms with Crippen LogP contribution in [0.2, 0.25) is 5.02 Å². The van der Waals surface area contributed by atoms with Crippen molar-refractivity contribution < 1.29 is 19.1 Å². The smallest absolute Gasteiger partial charge is 0.275 e. The summed E-state index contributed by atoms with van der Waals surface area (Å²) in [7, 11) is 0. The summed E-state index contributed by atoms with van der Waals surface area (Å²) >= 11 is 6.26. The van der Waals surface area contributed by atoms with E-state index in [2.05, 4.69) is 70.3 Å². The average molecular weight is 844 g/mol. The van der Waals surface area contributed by atoms with Crippen molar-refractivity contribution in [1.29, 1.82) is 10.5 Å². The Morgan fingerprint density at radius 1 is 0.852 bits per heavy atom. The first-order valence-corrected chi connectivity index (χ1v) is 21.4. The molecule has 61 heavy (non-hydrogen) atoms. The van der Waals surface area contributed by atoms with Crippen LogP contribution >= 0.6 is 11.6 Å². The zero-order valence-electron chi connectivity index (χ0n) is 34.9. The van der Waals surface area contributed by atoms with E-state index in [-0.39, 0.29) is 53.3 Å². The number of nitriles is 2. The first-order chi connectivity index (χ1) is 29.2. The van der Waals surface area contributed by atoms with Crippen molar-refractivity contribution in [3.63, 3.8) is 0 Å². The fourth-order valence-electron chi connectivity index (χ4n) is 10.2. The van der Waals surface area contributed by atoms with Gasteiger partial charge in [0.05, 0.1) is 16.0 Å². The molecule has 1 aliphatic carbocycles. The third-order valence-electron chi connectivity index (χ3n) is 13.3. The number of aromatic nitrogens is 2. The lowest BCUT2D eigenvalue weighted by Crippen LogP contribution is -2.74. The monoisotopic (exact) mass is 843 g/mol. The molecule has 4 fully saturated rings. The number of imide groups is 1. The number of nitrogens with one attached hydrogen (secondary N) is 2. The summed E-state index contributed by atoms with van der Waals surface area (Å²) in [5.74, 6) is 0.0955. The van der Waals surface area contributed by atoms with Crippen LogP contribution in [-0.4, -0.2) is 90.4 Å². The molecule has 8 rings (SSSR count). The van der Waals surface area contributed by atoms with Crippen molar-refractivity contribution in [2.24, 2.45) is 16.7 Å². The van der Waals surface area contributed by atoms with Gasteiger partial charge in [-0.25, -0.2) is 4.68 Å². The number of hydrogen-bond acceptors (Lipinski definition) is 11. The molecule has 3 aliphatic heterocycles. The van der Waals surface area contributed by atoms with Crippen LogP contribution in [0.25, 0.3) is 10.8 Å². The molecule has 0 spiro atoms. The maximum absolute atomic E-state index is 13.5. The van der Waals surface area contributed by atoms with Gasteiger partial charge in [-0.05, 0) is 79.8 Å². The zero-order chi connectivity index (χ0) is 43.2. The molecule has 4 aliphatic rings. The van der Waals surface area contributed by atoms with Crippen LogP contribution in [-0.2, 0) is 9.59 Å². The number of nitrogens with zero attached hydrogens (tertiary/aromatic N) is 7. The number of rotatable bonds is 9. The molecular formula is C46H50ClN9O5. The molecule has 2 N–H and O–H groups in total. The molecule has 14 nitrogen and oxygen atoms in total. The molecular weight excluding hydrogens is 794 g/mol. The molecule has 4 heterocycles. The van der Waals surface area contributed by atoms with Gasteiger partial charge in [-0.1, -0.05) is 39.3 Å². The minimum Gasteiger partial charge on any atom is -0.489 e. The number of piperazine rings is 1. The highest BCUT2D eigenvalue weighted by atomic mass is 35.5. The molecule has 316 valence electrons. The van der Waals surface area contributed by atoms with E-state index in [1.807, 2.05) is 36.4 Å². The molecule has 4 aromatic rings. The van der Waals surface area contributed by atoms with E-state index in [9.17, 15) is 29.7 Å². The second kappa shape index (κ2) is 16.5. The van der Waals surface area contributed by atoms with Crippen molar-refractivity contribution >= 4 is 51.5 Å². The van der Waals surface area contributed by atoms with Crippen LogP contribution in [0.4, 0.5) is 11.4 Å². The van der Waals surface area contributed by atoms with Gasteiger partial charge in [0.1, 0.15) is 30.0 Å². The lowest BCUT2D eigenvalue weighted by atomic mass is 9.49. The van der Waals surface area contributed by atoms with Crippen molar-refractivity contribution in [2.45, 2.75) is 71.6 Å². The van der Waals surface area contributed by atoms with E-state index in [1.165, 1.54) is 0 Å². The van der Waals surface area contributed by atoms with Gasteiger partial charge < -0.3 is 19.9 Å². The number of halogens is 1. The van der Waals surface area contributed by atoms with E-state index >= 15 is 0 Å². The van der Waals surface area contributed by atoms with Gasteiger partial charge in [-0.2, -0.15) is 15.6 Å². The van der Waals surface area contributed by atoms with E-state index in [0.717, 1.165) is 74.7 Å². The maximum Gasteiger partial charge on any atom is 0.275 e. The third kappa shape index (κ3) is 8.03. The maximum atomic E-state index is 13.5. The first kappa shape index (κ1) is 41.8. The van der Waals surface area contributed by atoms with Gasteiger partial charge in [0.15, 0.2) is 5.69 Å². The first-order valence-electron chi connectivity index (χ1n) is 21.0. The summed E-state index contributed by atoms with van der Waals surface area (Å²) in [6.07, 6.45) is 2.24. The Hall–Kier alpha value is -5.96. The van der Waals surface area contributed by atoms with Crippen molar-refractivity contribution in [3.05, 3.63) is 92.9 Å². The van der Waals surface area contributed by atoms with Gasteiger partial charge in [0.25, 0.3) is 17.4 Å². The number of anilines is 2. The topological polar surface area (TPSA) is 177 Å².